The largest absolute Gasteiger partial charge is 0.481 e. The second-order valence-corrected chi connectivity index (χ2v) is 9.49. The van der Waals surface area contributed by atoms with Crippen molar-refractivity contribution in [1.29, 1.82) is 0 Å². The number of fused-ring (bicyclic) bond motifs is 2. The standard InChI is InChI=1S/C22H29NO4S/c24-21(25)11-7-2-1-6-10-20-18-12-13-19(16-18)22(20)23-28(26,27)15-14-17-8-4-3-5-9-17/h1,3-6,8-9,14-15,18-20,22-23H,2,7,10-13,16H2,(H,24,25)/b6-1-,15-14+/t18-,19+,20-,22?/m0/s1. The van der Waals surface area contributed by atoms with E-state index in [1.54, 1.807) is 6.08 Å². The summed E-state index contributed by atoms with van der Waals surface area (Å²) in [5, 5.41) is 9.95. The second-order valence-electron chi connectivity index (χ2n) is 7.89. The Balaban J connectivity index is 1.57. The number of rotatable bonds is 10. The van der Waals surface area contributed by atoms with Gasteiger partial charge < -0.3 is 5.11 Å². The molecule has 2 aliphatic rings. The van der Waals surface area contributed by atoms with Gasteiger partial charge in [0.05, 0.1) is 0 Å². The Bertz CT molecular complexity index is 816. The van der Waals surface area contributed by atoms with Gasteiger partial charge in [-0.2, -0.15) is 0 Å². The highest BCUT2D eigenvalue weighted by Crippen LogP contribution is 2.50. The molecular formula is C22H29NO4S. The van der Waals surface area contributed by atoms with E-state index >= 15 is 0 Å². The molecule has 2 fully saturated rings. The van der Waals surface area contributed by atoms with E-state index in [1.807, 2.05) is 36.4 Å². The fourth-order valence-corrected chi connectivity index (χ4v) is 5.80. The number of aliphatic carboxylic acids is 1. The van der Waals surface area contributed by atoms with Crippen LogP contribution in [-0.2, 0) is 14.8 Å². The lowest BCUT2D eigenvalue weighted by Gasteiger charge is -2.30. The first-order valence-electron chi connectivity index (χ1n) is 10.1. The van der Waals surface area contributed by atoms with Crippen molar-refractivity contribution < 1.29 is 18.3 Å². The summed E-state index contributed by atoms with van der Waals surface area (Å²) in [6.45, 7) is 0. The van der Waals surface area contributed by atoms with Gasteiger partial charge in [-0.05, 0) is 67.9 Å². The maximum atomic E-state index is 12.6. The third-order valence-electron chi connectivity index (χ3n) is 5.96. The molecule has 4 atom stereocenters. The number of benzene rings is 1. The molecule has 5 nitrogen and oxygen atoms in total. The number of hydrogen-bond acceptors (Lipinski definition) is 3. The number of unbranched alkanes of at least 4 members (excludes halogenated alkanes) is 1. The average Bonchev–Trinajstić information content (AvgIpc) is 3.26. The Morgan fingerprint density at radius 1 is 1.14 bits per heavy atom. The van der Waals surface area contributed by atoms with E-state index in [0.717, 1.165) is 31.2 Å². The van der Waals surface area contributed by atoms with Gasteiger partial charge in [-0.1, -0.05) is 42.5 Å². The maximum absolute atomic E-state index is 12.6. The lowest BCUT2D eigenvalue weighted by atomic mass is 9.83. The van der Waals surface area contributed by atoms with Crippen molar-refractivity contribution in [2.45, 2.75) is 51.0 Å². The van der Waals surface area contributed by atoms with Crippen LogP contribution in [0.2, 0.25) is 0 Å². The van der Waals surface area contributed by atoms with Gasteiger partial charge in [-0.25, -0.2) is 13.1 Å². The normalized spacial score (nSPS) is 27.1. The van der Waals surface area contributed by atoms with E-state index in [4.69, 9.17) is 5.11 Å². The molecule has 2 saturated carbocycles. The fraction of sp³-hybridized carbons (Fsp3) is 0.500. The third kappa shape index (κ3) is 5.79. The molecule has 0 spiro atoms. The molecule has 2 bridgehead atoms. The fourth-order valence-electron chi connectivity index (χ4n) is 4.64. The summed E-state index contributed by atoms with van der Waals surface area (Å²) >= 11 is 0. The van der Waals surface area contributed by atoms with Crippen LogP contribution in [0.25, 0.3) is 6.08 Å². The van der Waals surface area contributed by atoms with E-state index in [2.05, 4.69) is 10.8 Å². The van der Waals surface area contributed by atoms with Crippen LogP contribution >= 0.6 is 0 Å². The van der Waals surface area contributed by atoms with Gasteiger partial charge in [0, 0.05) is 17.9 Å². The molecule has 0 saturated heterocycles. The molecule has 0 radical (unpaired) electrons. The molecule has 2 N–H and O–H groups in total. The minimum absolute atomic E-state index is 0.00663. The van der Waals surface area contributed by atoms with Gasteiger partial charge in [0.25, 0.3) is 0 Å². The molecule has 1 aromatic carbocycles. The topological polar surface area (TPSA) is 83.5 Å². The van der Waals surface area contributed by atoms with Crippen LogP contribution in [-0.4, -0.2) is 25.5 Å². The van der Waals surface area contributed by atoms with Gasteiger partial charge in [0.15, 0.2) is 0 Å². The molecule has 1 aromatic rings. The van der Waals surface area contributed by atoms with Gasteiger partial charge in [-0.15, -0.1) is 0 Å². The molecule has 2 aliphatic carbocycles. The van der Waals surface area contributed by atoms with Crippen molar-refractivity contribution in [3.8, 4) is 0 Å². The van der Waals surface area contributed by atoms with Crippen LogP contribution in [0.15, 0.2) is 47.9 Å². The monoisotopic (exact) mass is 403 g/mol. The molecule has 28 heavy (non-hydrogen) atoms. The van der Waals surface area contributed by atoms with Crippen LogP contribution in [0.1, 0.15) is 50.5 Å². The summed E-state index contributed by atoms with van der Waals surface area (Å²) in [6.07, 6.45) is 11.6. The molecule has 152 valence electrons. The Morgan fingerprint density at radius 2 is 1.89 bits per heavy atom. The van der Waals surface area contributed by atoms with Crippen molar-refractivity contribution in [1.82, 2.24) is 4.72 Å². The second kappa shape index (κ2) is 9.52. The summed E-state index contributed by atoms with van der Waals surface area (Å²) in [6, 6.07) is 9.42. The van der Waals surface area contributed by atoms with Crippen molar-refractivity contribution >= 4 is 22.1 Å². The van der Waals surface area contributed by atoms with Crippen molar-refractivity contribution in [2.24, 2.45) is 17.8 Å². The summed E-state index contributed by atoms with van der Waals surface area (Å²) in [5.74, 6) is 0.573. The predicted molar refractivity (Wildman–Crippen MR) is 111 cm³/mol. The number of carboxylic acid groups (broad SMARTS) is 1. The molecular weight excluding hydrogens is 374 g/mol. The molecule has 0 amide bonds. The average molecular weight is 404 g/mol. The highest BCUT2D eigenvalue weighted by atomic mass is 32.2. The highest BCUT2D eigenvalue weighted by Gasteiger charge is 2.47. The lowest BCUT2D eigenvalue weighted by molar-refractivity contribution is -0.137. The Labute approximate surface area is 167 Å². The SMILES string of the molecule is O=C(O)CCC/C=C\C[C@@H]1C(NS(=O)(=O)/C=C/c2ccccc2)[C@@H]2CC[C@H]1C2. The summed E-state index contributed by atoms with van der Waals surface area (Å²) in [4.78, 5) is 10.6. The van der Waals surface area contributed by atoms with Crippen molar-refractivity contribution in [2.75, 3.05) is 0 Å². The van der Waals surface area contributed by atoms with Crippen LogP contribution in [0, 0.1) is 17.8 Å². The molecule has 1 unspecified atom stereocenters. The van der Waals surface area contributed by atoms with Crippen LogP contribution in [0.5, 0.6) is 0 Å². The highest BCUT2D eigenvalue weighted by molar-refractivity contribution is 7.92. The maximum Gasteiger partial charge on any atom is 0.303 e. The first kappa shape index (κ1) is 20.8. The number of carboxylic acids is 1. The predicted octanol–water partition coefficient (Wildman–Crippen LogP) is 4.19. The summed E-state index contributed by atoms with van der Waals surface area (Å²) in [7, 11) is -3.49. The van der Waals surface area contributed by atoms with Crippen molar-refractivity contribution in [3.63, 3.8) is 0 Å². The zero-order valence-corrected chi connectivity index (χ0v) is 16.9. The summed E-state index contributed by atoms with van der Waals surface area (Å²) in [5.41, 5.74) is 0.863. The number of carbonyl (C=O) groups is 1. The van der Waals surface area contributed by atoms with Crippen molar-refractivity contribution in [3.05, 3.63) is 53.5 Å². The van der Waals surface area contributed by atoms with Crippen LogP contribution < -0.4 is 4.72 Å². The van der Waals surface area contributed by atoms with Gasteiger partial charge >= 0.3 is 5.97 Å². The number of nitrogens with one attached hydrogen (secondary N) is 1. The molecule has 0 heterocycles. The van der Waals surface area contributed by atoms with Gasteiger partial charge in [0.1, 0.15) is 0 Å². The Kier molecular flexibility index (Phi) is 7.08. The van der Waals surface area contributed by atoms with E-state index < -0.39 is 16.0 Å². The van der Waals surface area contributed by atoms with E-state index in [1.165, 1.54) is 11.8 Å². The molecule has 6 heteroatoms. The zero-order valence-electron chi connectivity index (χ0n) is 16.0. The summed E-state index contributed by atoms with van der Waals surface area (Å²) < 4.78 is 28.1. The quantitative estimate of drug-likeness (QED) is 0.453. The minimum Gasteiger partial charge on any atom is -0.481 e. The smallest absolute Gasteiger partial charge is 0.303 e. The van der Waals surface area contributed by atoms with E-state index in [-0.39, 0.29) is 12.5 Å². The molecule has 3 rings (SSSR count). The van der Waals surface area contributed by atoms with Crippen LogP contribution in [0.3, 0.4) is 0 Å². The molecule has 0 aromatic heterocycles. The minimum atomic E-state index is -3.49. The molecule has 0 aliphatic heterocycles. The van der Waals surface area contributed by atoms with Gasteiger partial charge in [0.2, 0.25) is 10.0 Å². The zero-order chi connectivity index (χ0) is 20.0. The van der Waals surface area contributed by atoms with Crippen LogP contribution in [0.4, 0.5) is 0 Å². The van der Waals surface area contributed by atoms with E-state index in [0.29, 0.717) is 24.2 Å². The number of sulfonamides is 1. The Morgan fingerprint density at radius 3 is 2.64 bits per heavy atom. The third-order valence-corrected chi connectivity index (χ3v) is 7.06. The first-order valence-corrected chi connectivity index (χ1v) is 11.6. The first-order chi connectivity index (χ1) is 13.4. The number of hydrogen-bond donors (Lipinski definition) is 2. The number of allylic oxidation sites excluding steroid dienone is 2. The lowest BCUT2D eigenvalue weighted by Crippen LogP contribution is -2.43. The van der Waals surface area contributed by atoms with Gasteiger partial charge in [-0.3, -0.25) is 4.79 Å². The van der Waals surface area contributed by atoms with E-state index in [9.17, 15) is 13.2 Å². The Hall–Kier alpha value is -1.92.